The van der Waals surface area contributed by atoms with Crippen molar-refractivity contribution in [1.82, 2.24) is 9.97 Å². The minimum atomic E-state index is -0.565. The standard InChI is InChI=1S/C21H14ClF2N3O/c22-16-9-15-19(10-17(16)23)25-12-26-21(15)27-14-6-7-20(18(24)8-14)28-11-13-4-2-1-3-5-13/h1-10,12H,11H2,(H,25,26,27). The maximum atomic E-state index is 14.4. The Kier molecular flexibility index (Phi) is 5.04. The van der Waals surface area contributed by atoms with Crippen LogP contribution in [-0.4, -0.2) is 9.97 Å². The van der Waals surface area contributed by atoms with Crippen molar-refractivity contribution in [2.24, 2.45) is 0 Å². The van der Waals surface area contributed by atoms with E-state index in [9.17, 15) is 8.78 Å². The lowest BCUT2D eigenvalue weighted by Gasteiger charge is -2.11. The number of ether oxygens (including phenoxy) is 1. The molecule has 0 atom stereocenters. The lowest BCUT2D eigenvalue weighted by Crippen LogP contribution is -2.00. The van der Waals surface area contributed by atoms with Crippen molar-refractivity contribution in [2.45, 2.75) is 6.61 Å². The maximum absolute atomic E-state index is 14.4. The van der Waals surface area contributed by atoms with E-state index in [1.165, 1.54) is 30.6 Å². The van der Waals surface area contributed by atoms with E-state index >= 15 is 0 Å². The predicted octanol–water partition coefficient (Wildman–Crippen LogP) is 5.88. The zero-order valence-corrected chi connectivity index (χ0v) is 15.3. The number of anilines is 2. The molecule has 1 aromatic heterocycles. The number of nitrogens with zero attached hydrogens (tertiary/aromatic N) is 2. The summed E-state index contributed by atoms with van der Waals surface area (Å²) in [5.41, 5.74) is 1.80. The maximum Gasteiger partial charge on any atom is 0.167 e. The molecule has 0 amide bonds. The molecule has 0 aliphatic rings. The SMILES string of the molecule is Fc1cc2ncnc(Nc3ccc(OCc4ccccc4)c(F)c3)c2cc1Cl. The highest BCUT2D eigenvalue weighted by molar-refractivity contribution is 6.31. The molecule has 4 rings (SSSR count). The average Bonchev–Trinajstić information content (AvgIpc) is 2.70. The first kappa shape index (κ1) is 18.1. The van der Waals surface area contributed by atoms with E-state index in [0.717, 1.165) is 5.56 Å². The van der Waals surface area contributed by atoms with E-state index < -0.39 is 11.6 Å². The molecule has 28 heavy (non-hydrogen) atoms. The molecule has 0 fully saturated rings. The molecule has 0 aliphatic carbocycles. The molecule has 7 heteroatoms. The second kappa shape index (κ2) is 7.78. The second-order valence-electron chi connectivity index (χ2n) is 6.05. The van der Waals surface area contributed by atoms with Crippen molar-refractivity contribution in [3.8, 4) is 5.75 Å². The second-order valence-corrected chi connectivity index (χ2v) is 6.46. The van der Waals surface area contributed by atoms with Crippen molar-refractivity contribution in [2.75, 3.05) is 5.32 Å². The van der Waals surface area contributed by atoms with Crippen molar-refractivity contribution in [1.29, 1.82) is 0 Å². The zero-order chi connectivity index (χ0) is 19.5. The lowest BCUT2D eigenvalue weighted by atomic mass is 10.2. The predicted molar refractivity (Wildman–Crippen MR) is 105 cm³/mol. The normalized spacial score (nSPS) is 10.8. The van der Waals surface area contributed by atoms with Crippen LogP contribution in [0.15, 0.2) is 67.0 Å². The highest BCUT2D eigenvalue weighted by Crippen LogP contribution is 2.29. The van der Waals surface area contributed by atoms with E-state index in [-0.39, 0.29) is 17.4 Å². The Morgan fingerprint density at radius 3 is 2.54 bits per heavy atom. The van der Waals surface area contributed by atoms with E-state index in [1.807, 2.05) is 30.3 Å². The Balaban J connectivity index is 1.55. The summed E-state index contributed by atoms with van der Waals surface area (Å²) in [7, 11) is 0. The molecule has 1 heterocycles. The van der Waals surface area contributed by atoms with Crippen LogP contribution in [0.3, 0.4) is 0 Å². The summed E-state index contributed by atoms with van der Waals surface area (Å²) in [4.78, 5) is 8.17. The van der Waals surface area contributed by atoms with E-state index in [2.05, 4.69) is 15.3 Å². The lowest BCUT2D eigenvalue weighted by molar-refractivity contribution is 0.290. The van der Waals surface area contributed by atoms with Gasteiger partial charge in [-0.15, -0.1) is 0 Å². The molecule has 3 aromatic carbocycles. The summed E-state index contributed by atoms with van der Waals surface area (Å²) in [5, 5.41) is 3.49. The van der Waals surface area contributed by atoms with Gasteiger partial charge in [-0.3, -0.25) is 0 Å². The Hall–Kier alpha value is -3.25. The third-order valence-corrected chi connectivity index (χ3v) is 4.40. The fourth-order valence-electron chi connectivity index (χ4n) is 2.72. The van der Waals surface area contributed by atoms with Crippen LogP contribution in [0, 0.1) is 11.6 Å². The molecule has 0 aliphatic heterocycles. The molecule has 1 N–H and O–H groups in total. The Labute approximate surface area is 164 Å². The number of rotatable bonds is 5. The highest BCUT2D eigenvalue weighted by atomic mass is 35.5. The number of fused-ring (bicyclic) bond motifs is 1. The third-order valence-electron chi connectivity index (χ3n) is 4.11. The molecule has 0 bridgehead atoms. The number of halogens is 3. The van der Waals surface area contributed by atoms with Gasteiger partial charge in [-0.05, 0) is 23.8 Å². The molecule has 140 valence electrons. The number of aromatic nitrogens is 2. The van der Waals surface area contributed by atoms with Gasteiger partial charge in [-0.25, -0.2) is 18.7 Å². The fourth-order valence-corrected chi connectivity index (χ4v) is 2.88. The quantitative estimate of drug-likeness (QED) is 0.456. The van der Waals surface area contributed by atoms with Crippen LogP contribution in [0.25, 0.3) is 10.9 Å². The number of hydrogen-bond acceptors (Lipinski definition) is 4. The van der Waals surface area contributed by atoms with Crippen LogP contribution in [-0.2, 0) is 6.61 Å². The first-order valence-corrected chi connectivity index (χ1v) is 8.81. The summed E-state index contributed by atoms with van der Waals surface area (Å²) >= 11 is 5.86. The van der Waals surface area contributed by atoms with Crippen LogP contribution >= 0.6 is 11.6 Å². The Bertz CT molecular complexity index is 1140. The number of benzene rings is 3. The van der Waals surface area contributed by atoms with Crippen molar-refractivity contribution < 1.29 is 13.5 Å². The van der Waals surface area contributed by atoms with Crippen LogP contribution in [0.2, 0.25) is 5.02 Å². The van der Waals surface area contributed by atoms with Crippen LogP contribution in [0.4, 0.5) is 20.3 Å². The van der Waals surface area contributed by atoms with Crippen molar-refractivity contribution >= 4 is 34.0 Å². The van der Waals surface area contributed by atoms with Gasteiger partial charge in [0.1, 0.15) is 24.6 Å². The summed E-state index contributed by atoms with van der Waals surface area (Å²) in [6.07, 6.45) is 1.30. The van der Waals surface area contributed by atoms with Gasteiger partial charge in [0.05, 0.1) is 10.5 Å². The monoisotopic (exact) mass is 397 g/mol. The van der Waals surface area contributed by atoms with Gasteiger partial charge in [0, 0.05) is 23.2 Å². The van der Waals surface area contributed by atoms with Crippen molar-refractivity contribution in [3.63, 3.8) is 0 Å². The van der Waals surface area contributed by atoms with Gasteiger partial charge in [0.25, 0.3) is 0 Å². The largest absolute Gasteiger partial charge is 0.486 e. The molecular formula is C21H14ClF2N3O. The topological polar surface area (TPSA) is 47.0 Å². The van der Waals surface area contributed by atoms with Gasteiger partial charge < -0.3 is 10.1 Å². The smallest absolute Gasteiger partial charge is 0.167 e. The summed E-state index contributed by atoms with van der Waals surface area (Å²) in [6.45, 7) is 0.269. The van der Waals surface area contributed by atoms with Gasteiger partial charge in [0.2, 0.25) is 0 Å². The van der Waals surface area contributed by atoms with Crippen molar-refractivity contribution in [3.05, 3.63) is 89.2 Å². The third kappa shape index (κ3) is 3.87. The zero-order valence-electron chi connectivity index (χ0n) is 14.5. The van der Waals surface area contributed by atoms with Gasteiger partial charge in [-0.2, -0.15) is 0 Å². The summed E-state index contributed by atoms with van der Waals surface area (Å²) in [5.74, 6) is -0.538. The Morgan fingerprint density at radius 1 is 0.929 bits per heavy atom. The summed E-state index contributed by atoms with van der Waals surface area (Å²) in [6, 6.07) is 16.7. The first-order valence-electron chi connectivity index (χ1n) is 8.43. The first-order chi connectivity index (χ1) is 13.6. The number of hydrogen-bond donors (Lipinski definition) is 1. The van der Waals surface area contributed by atoms with Crippen LogP contribution in [0.5, 0.6) is 5.75 Å². The molecule has 0 saturated carbocycles. The molecule has 0 unspecified atom stereocenters. The van der Waals surface area contributed by atoms with E-state index in [4.69, 9.17) is 16.3 Å². The van der Waals surface area contributed by atoms with E-state index in [0.29, 0.717) is 22.4 Å². The fraction of sp³-hybridized carbons (Fsp3) is 0.0476. The molecule has 0 saturated heterocycles. The van der Waals surface area contributed by atoms with Gasteiger partial charge in [0.15, 0.2) is 11.6 Å². The van der Waals surface area contributed by atoms with Gasteiger partial charge in [-0.1, -0.05) is 41.9 Å². The van der Waals surface area contributed by atoms with E-state index in [1.54, 1.807) is 6.07 Å². The molecular weight excluding hydrogens is 384 g/mol. The number of nitrogens with one attached hydrogen (secondary N) is 1. The molecule has 4 aromatic rings. The molecule has 0 spiro atoms. The van der Waals surface area contributed by atoms with Gasteiger partial charge >= 0.3 is 0 Å². The molecule has 0 radical (unpaired) electrons. The van der Waals surface area contributed by atoms with Crippen LogP contribution < -0.4 is 10.1 Å². The minimum absolute atomic E-state index is 0.0406. The van der Waals surface area contributed by atoms with Crippen LogP contribution in [0.1, 0.15) is 5.56 Å². The average molecular weight is 398 g/mol. The summed E-state index contributed by atoms with van der Waals surface area (Å²) < 4.78 is 33.6. The molecule has 4 nitrogen and oxygen atoms in total. The minimum Gasteiger partial charge on any atom is -0.486 e. The highest BCUT2D eigenvalue weighted by Gasteiger charge is 2.11. The Morgan fingerprint density at radius 2 is 1.75 bits per heavy atom.